The van der Waals surface area contributed by atoms with E-state index in [2.05, 4.69) is 5.32 Å². The fraction of sp³-hybridized carbons (Fsp3) is 0.364. The van der Waals surface area contributed by atoms with Gasteiger partial charge in [-0.05, 0) is 12.1 Å². The van der Waals surface area contributed by atoms with Gasteiger partial charge in [0.15, 0.2) is 0 Å². The third-order valence-electron chi connectivity index (χ3n) is 2.72. The van der Waals surface area contributed by atoms with Gasteiger partial charge in [-0.25, -0.2) is 9.18 Å². The molecule has 0 atom stereocenters. The van der Waals surface area contributed by atoms with Gasteiger partial charge in [-0.3, -0.25) is 0 Å². The van der Waals surface area contributed by atoms with Crippen molar-refractivity contribution in [3.05, 3.63) is 28.5 Å². The molecule has 4 nitrogen and oxygen atoms in total. The molecule has 1 saturated heterocycles. The number of nitrogens with one attached hydrogen (secondary N) is 1. The Morgan fingerprint density at radius 2 is 2.06 bits per heavy atom. The molecule has 1 heterocycles. The lowest BCUT2D eigenvalue weighted by molar-refractivity contribution is 0.0696. The molecule has 0 aliphatic carbocycles. The quantitative estimate of drug-likeness (QED) is 0.846. The third-order valence-corrected chi connectivity index (χ3v) is 3.04. The minimum absolute atomic E-state index is 0.0624. The number of carboxylic acid groups (broad SMARTS) is 1. The lowest BCUT2D eigenvalue weighted by atomic mass is 10.1. The Morgan fingerprint density at radius 3 is 2.65 bits per heavy atom. The van der Waals surface area contributed by atoms with E-state index in [9.17, 15) is 9.18 Å². The predicted octanol–water partition coefficient (Wildman–Crippen LogP) is 1.59. The van der Waals surface area contributed by atoms with Crippen LogP contribution in [0.4, 0.5) is 10.1 Å². The standard InChI is InChI=1S/C11H12ClFN2O2/c12-8-6-10(15-3-1-14-2-4-15)9(13)5-7(8)11(16)17/h5-6,14H,1-4H2,(H,16,17). The van der Waals surface area contributed by atoms with Crippen LogP contribution in [0, 0.1) is 5.82 Å². The maximum atomic E-state index is 13.8. The molecule has 1 aliphatic rings. The highest BCUT2D eigenvalue weighted by Crippen LogP contribution is 2.27. The molecule has 17 heavy (non-hydrogen) atoms. The third kappa shape index (κ3) is 2.50. The SMILES string of the molecule is O=C(O)c1cc(F)c(N2CCNCC2)cc1Cl. The number of carboxylic acids is 1. The predicted molar refractivity (Wildman–Crippen MR) is 63.5 cm³/mol. The van der Waals surface area contributed by atoms with Gasteiger partial charge in [0.05, 0.1) is 16.3 Å². The first-order valence-electron chi connectivity index (χ1n) is 5.27. The molecule has 0 spiro atoms. The molecular weight excluding hydrogens is 247 g/mol. The average molecular weight is 259 g/mol. The van der Waals surface area contributed by atoms with Crippen molar-refractivity contribution >= 4 is 23.3 Å². The zero-order valence-electron chi connectivity index (χ0n) is 9.04. The van der Waals surface area contributed by atoms with Crippen molar-refractivity contribution in [3.8, 4) is 0 Å². The van der Waals surface area contributed by atoms with Crippen molar-refractivity contribution in [2.75, 3.05) is 31.1 Å². The number of aromatic carboxylic acids is 1. The van der Waals surface area contributed by atoms with Crippen molar-refractivity contribution < 1.29 is 14.3 Å². The van der Waals surface area contributed by atoms with Crippen LogP contribution in [0.25, 0.3) is 0 Å². The van der Waals surface area contributed by atoms with Crippen LogP contribution in [0.5, 0.6) is 0 Å². The van der Waals surface area contributed by atoms with Crippen molar-refractivity contribution in [1.29, 1.82) is 0 Å². The number of hydrogen-bond donors (Lipinski definition) is 2. The summed E-state index contributed by atoms with van der Waals surface area (Å²) in [6.45, 7) is 2.91. The largest absolute Gasteiger partial charge is 0.478 e. The zero-order valence-corrected chi connectivity index (χ0v) is 9.80. The Kier molecular flexibility index (Phi) is 3.49. The van der Waals surface area contributed by atoms with E-state index in [1.807, 2.05) is 4.90 Å². The highest BCUT2D eigenvalue weighted by molar-refractivity contribution is 6.33. The fourth-order valence-electron chi connectivity index (χ4n) is 1.85. The van der Waals surface area contributed by atoms with Gasteiger partial charge in [-0.1, -0.05) is 11.6 Å². The molecule has 0 amide bonds. The molecule has 2 N–H and O–H groups in total. The Morgan fingerprint density at radius 1 is 1.41 bits per heavy atom. The number of piperazine rings is 1. The Bertz CT molecular complexity index is 447. The first kappa shape index (κ1) is 12.1. The lowest BCUT2D eigenvalue weighted by Gasteiger charge is -2.29. The second-order valence-corrected chi connectivity index (χ2v) is 4.23. The van der Waals surface area contributed by atoms with Gasteiger partial charge in [0.1, 0.15) is 5.82 Å². The summed E-state index contributed by atoms with van der Waals surface area (Å²) in [6.07, 6.45) is 0. The number of anilines is 1. The molecule has 0 bridgehead atoms. The van der Waals surface area contributed by atoms with Gasteiger partial charge < -0.3 is 15.3 Å². The van der Waals surface area contributed by atoms with Gasteiger partial charge in [0, 0.05) is 26.2 Å². The Balaban J connectivity index is 2.35. The summed E-state index contributed by atoms with van der Waals surface area (Å²) < 4.78 is 13.8. The first-order chi connectivity index (χ1) is 8.09. The first-order valence-corrected chi connectivity index (χ1v) is 5.65. The second kappa shape index (κ2) is 4.89. The number of carbonyl (C=O) groups is 1. The molecule has 1 aromatic rings. The van der Waals surface area contributed by atoms with Crippen LogP contribution < -0.4 is 10.2 Å². The lowest BCUT2D eigenvalue weighted by Crippen LogP contribution is -2.43. The highest BCUT2D eigenvalue weighted by atomic mass is 35.5. The summed E-state index contributed by atoms with van der Waals surface area (Å²) in [4.78, 5) is 12.6. The van der Waals surface area contributed by atoms with E-state index in [4.69, 9.17) is 16.7 Å². The number of nitrogens with zero attached hydrogens (tertiary/aromatic N) is 1. The smallest absolute Gasteiger partial charge is 0.337 e. The summed E-state index contributed by atoms with van der Waals surface area (Å²) in [7, 11) is 0. The van der Waals surface area contributed by atoms with E-state index >= 15 is 0 Å². The van der Waals surface area contributed by atoms with E-state index < -0.39 is 11.8 Å². The van der Waals surface area contributed by atoms with E-state index in [0.29, 0.717) is 18.8 Å². The molecule has 1 aliphatic heterocycles. The molecule has 0 aromatic heterocycles. The normalized spacial score (nSPS) is 16.0. The molecule has 1 fully saturated rings. The maximum Gasteiger partial charge on any atom is 0.337 e. The highest BCUT2D eigenvalue weighted by Gasteiger charge is 2.19. The van der Waals surface area contributed by atoms with Crippen molar-refractivity contribution in [1.82, 2.24) is 5.32 Å². The zero-order chi connectivity index (χ0) is 12.4. The topological polar surface area (TPSA) is 52.6 Å². The van der Waals surface area contributed by atoms with E-state index in [-0.39, 0.29) is 10.6 Å². The Labute approximate surface area is 103 Å². The minimum atomic E-state index is -1.22. The number of rotatable bonds is 2. The summed E-state index contributed by atoms with van der Waals surface area (Å²) in [5.41, 5.74) is 0.157. The molecule has 0 radical (unpaired) electrons. The van der Waals surface area contributed by atoms with Crippen LogP contribution in [-0.4, -0.2) is 37.3 Å². The molecule has 6 heteroatoms. The number of benzene rings is 1. The van der Waals surface area contributed by atoms with Crippen molar-refractivity contribution in [2.24, 2.45) is 0 Å². The van der Waals surface area contributed by atoms with Gasteiger partial charge in [0.25, 0.3) is 0 Å². The molecule has 0 unspecified atom stereocenters. The average Bonchev–Trinajstić information content (AvgIpc) is 2.32. The van der Waals surface area contributed by atoms with Crippen LogP contribution in [-0.2, 0) is 0 Å². The monoisotopic (exact) mass is 258 g/mol. The van der Waals surface area contributed by atoms with Gasteiger partial charge >= 0.3 is 5.97 Å². The van der Waals surface area contributed by atoms with Crippen LogP contribution in [0.1, 0.15) is 10.4 Å². The van der Waals surface area contributed by atoms with Crippen LogP contribution in [0.2, 0.25) is 5.02 Å². The van der Waals surface area contributed by atoms with Gasteiger partial charge in [0.2, 0.25) is 0 Å². The molecule has 92 valence electrons. The summed E-state index contributed by atoms with van der Waals surface area (Å²) >= 11 is 5.83. The van der Waals surface area contributed by atoms with Crippen molar-refractivity contribution in [2.45, 2.75) is 0 Å². The van der Waals surface area contributed by atoms with Crippen molar-refractivity contribution in [3.63, 3.8) is 0 Å². The number of halogens is 2. The molecular formula is C11H12ClFN2O2. The molecule has 2 rings (SSSR count). The molecule has 0 saturated carbocycles. The van der Waals surface area contributed by atoms with Gasteiger partial charge in [-0.15, -0.1) is 0 Å². The van der Waals surface area contributed by atoms with Crippen LogP contribution >= 0.6 is 11.6 Å². The van der Waals surface area contributed by atoms with Crippen LogP contribution in [0.15, 0.2) is 12.1 Å². The number of hydrogen-bond acceptors (Lipinski definition) is 3. The van der Waals surface area contributed by atoms with Crippen LogP contribution in [0.3, 0.4) is 0 Å². The second-order valence-electron chi connectivity index (χ2n) is 3.83. The van der Waals surface area contributed by atoms with E-state index in [0.717, 1.165) is 19.2 Å². The fourth-order valence-corrected chi connectivity index (χ4v) is 2.09. The summed E-state index contributed by atoms with van der Waals surface area (Å²) in [6, 6.07) is 2.35. The van der Waals surface area contributed by atoms with E-state index in [1.54, 1.807) is 0 Å². The Hall–Kier alpha value is -1.33. The van der Waals surface area contributed by atoms with E-state index in [1.165, 1.54) is 6.07 Å². The summed E-state index contributed by atoms with van der Waals surface area (Å²) in [5.74, 6) is -1.77. The van der Waals surface area contributed by atoms with Gasteiger partial charge in [-0.2, -0.15) is 0 Å². The minimum Gasteiger partial charge on any atom is -0.478 e. The molecule has 1 aromatic carbocycles. The summed E-state index contributed by atoms with van der Waals surface area (Å²) in [5, 5.41) is 12.0. The maximum absolute atomic E-state index is 13.8.